The van der Waals surface area contributed by atoms with Gasteiger partial charge in [-0.25, -0.2) is 0 Å². The third kappa shape index (κ3) is 3.29. The summed E-state index contributed by atoms with van der Waals surface area (Å²) in [6, 6.07) is 7.12. The summed E-state index contributed by atoms with van der Waals surface area (Å²) in [5.41, 5.74) is 3.92. The summed E-state index contributed by atoms with van der Waals surface area (Å²) in [5.74, 6) is 0.657. The SMILES string of the molecule is CC1CCc2c(/N=C/CC3CCCOC3)cccc2N1C. The van der Waals surface area contributed by atoms with Gasteiger partial charge in [0, 0.05) is 43.8 Å². The Hall–Kier alpha value is -1.35. The maximum Gasteiger partial charge on any atom is 0.0678 e. The fraction of sp³-hybridized carbons (Fsp3) is 0.611. The van der Waals surface area contributed by atoms with Crippen LogP contribution in [0.25, 0.3) is 0 Å². The maximum absolute atomic E-state index is 5.53. The van der Waals surface area contributed by atoms with Crippen LogP contribution in [0.15, 0.2) is 23.2 Å². The first-order valence-corrected chi connectivity index (χ1v) is 8.20. The van der Waals surface area contributed by atoms with E-state index >= 15 is 0 Å². The van der Waals surface area contributed by atoms with Crippen molar-refractivity contribution in [3.05, 3.63) is 23.8 Å². The molecule has 0 saturated carbocycles. The van der Waals surface area contributed by atoms with Crippen molar-refractivity contribution in [3.8, 4) is 0 Å². The standard InChI is InChI=1S/C18H26N2O/c1-14-8-9-16-17(6-3-7-18(16)20(14)2)19-11-10-15-5-4-12-21-13-15/h3,6-7,11,14-15H,4-5,8-10,12-13H2,1-2H3/b19-11+. The van der Waals surface area contributed by atoms with Crippen LogP contribution in [0.2, 0.25) is 0 Å². The average Bonchev–Trinajstić information content (AvgIpc) is 2.52. The van der Waals surface area contributed by atoms with Crippen LogP contribution in [0.3, 0.4) is 0 Å². The Morgan fingerprint density at radius 1 is 1.38 bits per heavy atom. The highest BCUT2D eigenvalue weighted by Crippen LogP contribution is 2.35. The van der Waals surface area contributed by atoms with Gasteiger partial charge in [0.15, 0.2) is 0 Å². The van der Waals surface area contributed by atoms with E-state index in [9.17, 15) is 0 Å². The average molecular weight is 286 g/mol. The van der Waals surface area contributed by atoms with Crippen LogP contribution in [-0.2, 0) is 11.2 Å². The molecule has 21 heavy (non-hydrogen) atoms. The zero-order valence-electron chi connectivity index (χ0n) is 13.2. The quantitative estimate of drug-likeness (QED) is 0.785. The van der Waals surface area contributed by atoms with Crippen molar-refractivity contribution in [2.75, 3.05) is 25.2 Å². The predicted octanol–water partition coefficient (Wildman–Crippen LogP) is 3.98. The molecule has 2 unspecified atom stereocenters. The van der Waals surface area contributed by atoms with E-state index in [1.807, 2.05) is 0 Å². The number of aliphatic imine (C=N–C) groups is 1. The zero-order chi connectivity index (χ0) is 14.7. The fourth-order valence-corrected chi connectivity index (χ4v) is 3.35. The lowest BCUT2D eigenvalue weighted by atomic mass is 9.95. The van der Waals surface area contributed by atoms with Crippen molar-refractivity contribution in [1.29, 1.82) is 0 Å². The van der Waals surface area contributed by atoms with Gasteiger partial charge >= 0.3 is 0 Å². The first kappa shape index (κ1) is 14.6. The molecule has 2 aliphatic heterocycles. The third-order valence-electron chi connectivity index (χ3n) is 4.90. The summed E-state index contributed by atoms with van der Waals surface area (Å²) in [5, 5.41) is 0. The molecule has 0 bridgehead atoms. The Bertz CT molecular complexity index is 506. The highest BCUT2D eigenvalue weighted by Gasteiger charge is 2.21. The summed E-state index contributed by atoms with van der Waals surface area (Å²) in [6.45, 7) is 4.13. The van der Waals surface area contributed by atoms with Gasteiger partial charge in [-0.1, -0.05) is 6.07 Å². The van der Waals surface area contributed by atoms with E-state index < -0.39 is 0 Å². The van der Waals surface area contributed by atoms with Gasteiger partial charge in [-0.2, -0.15) is 0 Å². The maximum atomic E-state index is 5.53. The molecule has 0 amide bonds. The zero-order valence-corrected chi connectivity index (χ0v) is 13.2. The molecule has 0 aliphatic carbocycles. The van der Waals surface area contributed by atoms with Gasteiger partial charge in [-0.3, -0.25) is 4.99 Å². The molecule has 0 radical (unpaired) electrons. The van der Waals surface area contributed by atoms with Gasteiger partial charge in [0.1, 0.15) is 0 Å². The Kier molecular flexibility index (Phi) is 4.59. The second-order valence-corrected chi connectivity index (χ2v) is 6.40. The first-order valence-electron chi connectivity index (χ1n) is 8.20. The van der Waals surface area contributed by atoms with Crippen LogP contribution < -0.4 is 4.90 Å². The van der Waals surface area contributed by atoms with Crippen molar-refractivity contribution < 1.29 is 4.74 Å². The summed E-state index contributed by atoms with van der Waals surface area (Å²) in [4.78, 5) is 7.15. The van der Waals surface area contributed by atoms with Crippen molar-refractivity contribution in [2.24, 2.45) is 10.9 Å². The molecule has 2 aliphatic rings. The minimum atomic E-state index is 0.621. The van der Waals surface area contributed by atoms with E-state index in [-0.39, 0.29) is 0 Å². The van der Waals surface area contributed by atoms with Crippen LogP contribution in [0, 0.1) is 5.92 Å². The predicted molar refractivity (Wildman–Crippen MR) is 88.9 cm³/mol. The molecule has 0 N–H and O–H groups in total. The van der Waals surface area contributed by atoms with Crippen LogP contribution in [-0.4, -0.2) is 32.5 Å². The van der Waals surface area contributed by atoms with E-state index in [1.165, 1.54) is 30.5 Å². The summed E-state index contributed by atoms with van der Waals surface area (Å²) < 4.78 is 5.53. The minimum absolute atomic E-state index is 0.621. The van der Waals surface area contributed by atoms with Gasteiger partial charge in [-0.05, 0) is 57.1 Å². The Morgan fingerprint density at radius 2 is 2.29 bits per heavy atom. The Balaban J connectivity index is 1.71. The first-order chi connectivity index (χ1) is 10.3. The number of fused-ring (bicyclic) bond motifs is 1. The van der Waals surface area contributed by atoms with E-state index in [2.05, 4.69) is 43.3 Å². The monoisotopic (exact) mass is 286 g/mol. The smallest absolute Gasteiger partial charge is 0.0678 e. The molecule has 0 aromatic heterocycles. The van der Waals surface area contributed by atoms with Crippen molar-refractivity contribution >= 4 is 17.6 Å². The topological polar surface area (TPSA) is 24.8 Å². The molecular formula is C18H26N2O. The number of nitrogens with zero attached hydrogens (tertiary/aromatic N) is 2. The number of benzene rings is 1. The molecule has 1 aromatic rings. The number of anilines is 1. The molecule has 2 heterocycles. The van der Waals surface area contributed by atoms with Crippen molar-refractivity contribution in [1.82, 2.24) is 0 Å². The summed E-state index contributed by atoms with van der Waals surface area (Å²) in [7, 11) is 2.19. The van der Waals surface area contributed by atoms with Crippen LogP contribution in [0.1, 0.15) is 38.2 Å². The number of ether oxygens (including phenoxy) is 1. The summed E-state index contributed by atoms with van der Waals surface area (Å²) >= 11 is 0. The normalized spacial score (nSPS) is 26.1. The highest BCUT2D eigenvalue weighted by molar-refractivity contribution is 5.71. The minimum Gasteiger partial charge on any atom is -0.381 e. The van der Waals surface area contributed by atoms with E-state index in [1.54, 1.807) is 0 Å². The third-order valence-corrected chi connectivity index (χ3v) is 4.90. The molecule has 3 nitrogen and oxygen atoms in total. The van der Waals surface area contributed by atoms with Crippen molar-refractivity contribution in [2.45, 2.75) is 45.1 Å². The lowest BCUT2D eigenvalue weighted by Crippen LogP contribution is -2.33. The molecule has 1 saturated heterocycles. The number of rotatable bonds is 3. The van der Waals surface area contributed by atoms with Gasteiger partial charge in [0.05, 0.1) is 5.69 Å². The van der Waals surface area contributed by atoms with E-state index in [0.29, 0.717) is 12.0 Å². The highest BCUT2D eigenvalue weighted by atomic mass is 16.5. The Labute approximate surface area is 128 Å². The van der Waals surface area contributed by atoms with Gasteiger partial charge < -0.3 is 9.64 Å². The summed E-state index contributed by atoms with van der Waals surface area (Å²) in [6.07, 6.45) is 7.97. The second-order valence-electron chi connectivity index (χ2n) is 6.40. The lowest BCUT2D eigenvalue weighted by Gasteiger charge is -2.34. The van der Waals surface area contributed by atoms with Crippen molar-refractivity contribution in [3.63, 3.8) is 0 Å². The largest absolute Gasteiger partial charge is 0.381 e. The molecule has 2 atom stereocenters. The fourth-order valence-electron chi connectivity index (χ4n) is 3.35. The molecule has 1 fully saturated rings. The van der Waals surface area contributed by atoms with E-state index in [4.69, 9.17) is 9.73 Å². The van der Waals surface area contributed by atoms with Crippen LogP contribution >= 0.6 is 0 Å². The Morgan fingerprint density at radius 3 is 3.10 bits per heavy atom. The molecule has 3 rings (SSSR count). The lowest BCUT2D eigenvalue weighted by molar-refractivity contribution is 0.0578. The number of hydrogen-bond donors (Lipinski definition) is 0. The molecule has 3 heteroatoms. The van der Waals surface area contributed by atoms with E-state index in [0.717, 1.165) is 31.7 Å². The second kappa shape index (κ2) is 6.61. The van der Waals surface area contributed by atoms with Gasteiger partial charge in [0.25, 0.3) is 0 Å². The molecule has 1 aromatic carbocycles. The van der Waals surface area contributed by atoms with Gasteiger partial charge in [-0.15, -0.1) is 0 Å². The molecular weight excluding hydrogens is 260 g/mol. The van der Waals surface area contributed by atoms with Gasteiger partial charge in [0.2, 0.25) is 0 Å². The van der Waals surface area contributed by atoms with Crippen LogP contribution in [0.5, 0.6) is 0 Å². The van der Waals surface area contributed by atoms with Crippen LogP contribution in [0.4, 0.5) is 11.4 Å². The number of hydrogen-bond acceptors (Lipinski definition) is 3. The molecule has 0 spiro atoms. The molecule has 114 valence electrons.